The monoisotopic (exact) mass is 224 g/mol. The summed E-state index contributed by atoms with van der Waals surface area (Å²) in [6.45, 7) is 0.241. The van der Waals surface area contributed by atoms with Crippen LogP contribution in [0.15, 0.2) is 0 Å². The Morgan fingerprint density at radius 2 is 2.21 bits per heavy atom. The van der Waals surface area contributed by atoms with Gasteiger partial charge in [0, 0.05) is 22.6 Å². The lowest BCUT2D eigenvalue weighted by atomic mass is 10.2. The van der Waals surface area contributed by atoms with Gasteiger partial charge in [-0.3, -0.25) is 9.57 Å². The first-order valence-electron chi connectivity index (χ1n) is 4.10. The summed E-state index contributed by atoms with van der Waals surface area (Å²) in [5.41, 5.74) is 5.21. The van der Waals surface area contributed by atoms with E-state index in [1.165, 1.54) is 7.11 Å². The van der Waals surface area contributed by atoms with Crippen molar-refractivity contribution in [3.8, 4) is 0 Å². The molecule has 4 N–H and O–H groups in total. The molecule has 0 aromatic rings. The summed E-state index contributed by atoms with van der Waals surface area (Å²) in [5, 5.41) is 8.45. The molecule has 0 rings (SSSR count). The van der Waals surface area contributed by atoms with E-state index in [2.05, 4.69) is 4.74 Å². The Hall–Kier alpha value is -0.660. The van der Waals surface area contributed by atoms with Gasteiger partial charge in [-0.05, 0) is 6.42 Å². The molecule has 0 aliphatic carbocycles. The molecule has 0 spiro atoms. The number of nitrogens with two attached hydrogens (primary N) is 1. The maximum atomic E-state index is 11.4. The van der Waals surface area contributed by atoms with Crippen molar-refractivity contribution in [2.75, 3.05) is 25.2 Å². The highest BCUT2D eigenvalue weighted by Gasteiger charge is 2.14. The third kappa shape index (κ3) is 5.90. The second-order valence-electron chi connectivity index (χ2n) is 2.95. The number of ether oxygens (including phenoxy) is 1. The SMILES string of the molecule is COCCS(=N)(=O)CC[C@H](N)C(=O)O. The van der Waals surface area contributed by atoms with Crippen molar-refractivity contribution in [1.29, 1.82) is 4.78 Å². The van der Waals surface area contributed by atoms with E-state index >= 15 is 0 Å². The molecule has 0 radical (unpaired) electrons. The van der Waals surface area contributed by atoms with E-state index in [1.807, 2.05) is 0 Å². The van der Waals surface area contributed by atoms with Gasteiger partial charge in [0.1, 0.15) is 6.04 Å². The minimum Gasteiger partial charge on any atom is -0.480 e. The Kier molecular flexibility index (Phi) is 5.66. The smallest absolute Gasteiger partial charge is 0.320 e. The lowest BCUT2D eigenvalue weighted by Crippen LogP contribution is -2.32. The second kappa shape index (κ2) is 5.94. The average molecular weight is 224 g/mol. The molecule has 7 heteroatoms. The highest BCUT2D eigenvalue weighted by molar-refractivity contribution is 7.92. The zero-order valence-corrected chi connectivity index (χ0v) is 8.88. The van der Waals surface area contributed by atoms with Gasteiger partial charge in [0.05, 0.1) is 12.4 Å². The van der Waals surface area contributed by atoms with Crippen molar-refractivity contribution in [3.05, 3.63) is 0 Å². The second-order valence-corrected chi connectivity index (χ2v) is 5.39. The third-order valence-corrected chi connectivity index (χ3v) is 3.41. The van der Waals surface area contributed by atoms with E-state index in [0.29, 0.717) is 0 Å². The van der Waals surface area contributed by atoms with E-state index in [0.717, 1.165) is 0 Å². The van der Waals surface area contributed by atoms with Gasteiger partial charge in [0.2, 0.25) is 0 Å². The molecular weight excluding hydrogens is 208 g/mol. The molecule has 0 fully saturated rings. The molecular formula is C7H16N2O4S. The molecule has 14 heavy (non-hydrogen) atoms. The van der Waals surface area contributed by atoms with Gasteiger partial charge in [-0.1, -0.05) is 0 Å². The maximum absolute atomic E-state index is 11.4. The zero-order chi connectivity index (χ0) is 11.2. The van der Waals surface area contributed by atoms with Gasteiger partial charge < -0.3 is 15.6 Å². The Balaban J connectivity index is 3.93. The number of carboxylic acids is 1. The van der Waals surface area contributed by atoms with E-state index < -0.39 is 21.7 Å². The lowest BCUT2D eigenvalue weighted by molar-refractivity contribution is -0.138. The molecule has 2 atom stereocenters. The molecule has 0 aliphatic rings. The van der Waals surface area contributed by atoms with Crippen LogP contribution in [0, 0.1) is 4.78 Å². The zero-order valence-electron chi connectivity index (χ0n) is 8.06. The number of nitrogens with one attached hydrogen (secondary N) is 1. The molecule has 84 valence electrons. The highest BCUT2D eigenvalue weighted by Crippen LogP contribution is 1.98. The van der Waals surface area contributed by atoms with E-state index in [9.17, 15) is 9.00 Å². The van der Waals surface area contributed by atoms with Crippen molar-refractivity contribution in [2.45, 2.75) is 12.5 Å². The molecule has 6 nitrogen and oxygen atoms in total. The third-order valence-electron chi connectivity index (χ3n) is 1.69. The van der Waals surface area contributed by atoms with Crippen molar-refractivity contribution in [2.24, 2.45) is 5.73 Å². The van der Waals surface area contributed by atoms with Crippen molar-refractivity contribution < 1.29 is 18.8 Å². The summed E-state index contributed by atoms with van der Waals surface area (Å²) >= 11 is 0. The van der Waals surface area contributed by atoms with E-state index in [1.54, 1.807) is 0 Å². The van der Waals surface area contributed by atoms with E-state index in [-0.39, 0.29) is 24.5 Å². The minimum atomic E-state index is -2.74. The molecule has 0 bridgehead atoms. The highest BCUT2D eigenvalue weighted by atomic mass is 32.2. The Morgan fingerprint density at radius 3 is 2.64 bits per heavy atom. The van der Waals surface area contributed by atoms with Crippen LogP contribution in [0.2, 0.25) is 0 Å². The van der Waals surface area contributed by atoms with Crippen molar-refractivity contribution in [3.63, 3.8) is 0 Å². The van der Waals surface area contributed by atoms with Gasteiger partial charge in [-0.15, -0.1) is 0 Å². The van der Waals surface area contributed by atoms with Crippen LogP contribution in [0.4, 0.5) is 0 Å². The lowest BCUT2D eigenvalue weighted by Gasteiger charge is -2.08. The fourth-order valence-electron chi connectivity index (χ4n) is 0.761. The van der Waals surface area contributed by atoms with Crippen molar-refractivity contribution >= 4 is 15.7 Å². The molecule has 0 saturated carbocycles. The number of aliphatic carboxylic acids is 1. The minimum absolute atomic E-state index is 0.00380. The topological polar surface area (TPSA) is 113 Å². The number of hydrogen-bond acceptors (Lipinski definition) is 5. The van der Waals surface area contributed by atoms with Gasteiger partial charge in [0.25, 0.3) is 0 Å². The largest absolute Gasteiger partial charge is 0.480 e. The van der Waals surface area contributed by atoms with Crippen LogP contribution in [-0.4, -0.2) is 46.5 Å². The fourth-order valence-corrected chi connectivity index (χ4v) is 2.04. The van der Waals surface area contributed by atoms with Gasteiger partial charge in [-0.2, -0.15) is 0 Å². The van der Waals surface area contributed by atoms with Gasteiger partial charge >= 0.3 is 5.97 Å². The summed E-state index contributed by atoms with van der Waals surface area (Å²) in [4.78, 5) is 10.3. The van der Waals surface area contributed by atoms with Crippen LogP contribution in [0.1, 0.15) is 6.42 Å². The average Bonchev–Trinajstić information content (AvgIpc) is 2.11. The summed E-state index contributed by atoms with van der Waals surface area (Å²) in [6, 6.07) is -1.04. The van der Waals surface area contributed by atoms with E-state index in [4.69, 9.17) is 15.6 Å². The Labute approximate surface area is 83.4 Å². The molecule has 0 heterocycles. The van der Waals surface area contributed by atoms with Crippen LogP contribution in [0.5, 0.6) is 0 Å². The van der Waals surface area contributed by atoms with Gasteiger partial charge in [-0.25, -0.2) is 4.21 Å². The van der Waals surface area contributed by atoms with Gasteiger partial charge in [0.15, 0.2) is 0 Å². The first kappa shape index (κ1) is 13.3. The number of carboxylic acid groups (broad SMARTS) is 1. The Bertz CT molecular complexity index is 275. The first-order chi connectivity index (χ1) is 6.39. The van der Waals surface area contributed by atoms with Crippen LogP contribution in [0.3, 0.4) is 0 Å². The molecule has 0 saturated heterocycles. The Morgan fingerprint density at radius 1 is 1.64 bits per heavy atom. The predicted molar refractivity (Wildman–Crippen MR) is 52.7 cm³/mol. The van der Waals surface area contributed by atoms with Crippen LogP contribution in [-0.2, 0) is 19.3 Å². The number of rotatable bonds is 7. The fraction of sp³-hybridized carbons (Fsp3) is 0.857. The van der Waals surface area contributed by atoms with Crippen LogP contribution in [0.25, 0.3) is 0 Å². The first-order valence-corrected chi connectivity index (χ1v) is 6.00. The number of methoxy groups -OCH3 is 1. The molecule has 0 aromatic carbocycles. The summed E-state index contributed by atoms with van der Waals surface area (Å²) in [7, 11) is -1.28. The molecule has 0 aromatic heterocycles. The number of carbonyl (C=O) groups is 1. The summed E-state index contributed by atoms with van der Waals surface area (Å²) < 4.78 is 23.5. The normalized spacial score (nSPS) is 17.3. The maximum Gasteiger partial charge on any atom is 0.320 e. The quantitative estimate of drug-likeness (QED) is 0.538. The molecule has 1 unspecified atom stereocenters. The predicted octanol–water partition coefficient (Wildman–Crippen LogP) is -0.518. The standard InChI is InChI=1S/C7H16N2O4S/c1-13-3-5-14(9,12)4-2-6(8)7(10)11/h6,9H,2-5,8H2,1H3,(H,10,11)/t6-,14?/m0/s1. The molecule has 0 aliphatic heterocycles. The van der Waals surface area contributed by atoms with Crippen LogP contribution >= 0.6 is 0 Å². The summed E-state index contributed by atoms with van der Waals surface area (Å²) in [6.07, 6.45) is 0.0569. The molecule has 0 amide bonds. The number of hydrogen-bond donors (Lipinski definition) is 3. The van der Waals surface area contributed by atoms with Crippen molar-refractivity contribution in [1.82, 2.24) is 0 Å². The van der Waals surface area contributed by atoms with Crippen LogP contribution < -0.4 is 5.73 Å². The summed E-state index contributed by atoms with van der Waals surface area (Å²) in [5.74, 6) is -1.01.